The molecule has 1 amide bonds. The smallest absolute Gasteiger partial charge is 0.255 e. The van der Waals surface area contributed by atoms with Gasteiger partial charge in [-0.2, -0.15) is 4.68 Å². The number of allylic oxidation sites excluding steroid dienone is 1. The molecule has 28 heavy (non-hydrogen) atoms. The molecule has 9 heteroatoms. The molecule has 0 saturated carbocycles. The summed E-state index contributed by atoms with van der Waals surface area (Å²) in [5.41, 5.74) is 2.83. The fourth-order valence-electron chi connectivity index (χ4n) is 3.13. The van der Waals surface area contributed by atoms with E-state index in [0.29, 0.717) is 27.9 Å². The van der Waals surface area contributed by atoms with E-state index in [9.17, 15) is 4.79 Å². The van der Waals surface area contributed by atoms with Crippen LogP contribution in [0.5, 0.6) is 0 Å². The zero-order valence-electron chi connectivity index (χ0n) is 15.2. The largest absolute Gasteiger partial charge is 0.326 e. The van der Waals surface area contributed by atoms with Crippen LogP contribution in [0.2, 0.25) is 5.02 Å². The first-order valence-corrected chi connectivity index (χ1v) is 10.1. The van der Waals surface area contributed by atoms with Crippen LogP contribution in [0.3, 0.4) is 0 Å². The molecule has 2 aromatic carbocycles. The summed E-state index contributed by atoms with van der Waals surface area (Å²) in [6.07, 6.45) is 2.02. The Labute approximate surface area is 171 Å². The van der Waals surface area contributed by atoms with Gasteiger partial charge in [0.15, 0.2) is 0 Å². The summed E-state index contributed by atoms with van der Waals surface area (Å²) >= 11 is 7.59. The summed E-state index contributed by atoms with van der Waals surface area (Å²) in [6.45, 7) is 1.85. The van der Waals surface area contributed by atoms with Crippen molar-refractivity contribution in [1.82, 2.24) is 20.2 Å². The van der Waals surface area contributed by atoms with Crippen LogP contribution in [0.1, 0.15) is 18.5 Å². The second-order valence-electron chi connectivity index (χ2n) is 6.25. The van der Waals surface area contributed by atoms with E-state index in [-0.39, 0.29) is 5.91 Å². The number of halogens is 1. The molecule has 0 aliphatic carbocycles. The van der Waals surface area contributed by atoms with Crippen molar-refractivity contribution in [2.24, 2.45) is 0 Å². The highest BCUT2D eigenvalue weighted by Crippen LogP contribution is 2.35. The predicted molar refractivity (Wildman–Crippen MR) is 111 cm³/mol. The van der Waals surface area contributed by atoms with E-state index in [1.807, 2.05) is 37.4 Å². The molecule has 0 bridgehead atoms. The van der Waals surface area contributed by atoms with Crippen molar-refractivity contribution in [3.05, 3.63) is 70.4 Å². The summed E-state index contributed by atoms with van der Waals surface area (Å²) in [5, 5.41) is 18.5. The molecular weight excluding hydrogens is 396 g/mol. The zero-order valence-corrected chi connectivity index (χ0v) is 16.8. The second-order valence-corrected chi connectivity index (χ2v) is 7.56. The molecule has 1 atom stereocenters. The Hall–Kier alpha value is -2.84. The Morgan fingerprint density at radius 2 is 1.89 bits per heavy atom. The van der Waals surface area contributed by atoms with Crippen LogP contribution in [-0.4, -0.2) is 32.4 Å². The second kappa shape index (κ2) is 7.65. The SMILES string of the molecule is CSc1ccc([C@@H]2C(C(=O)Nc3ccc(Cl)cc3)=C(C)Nc3nnnn32)cc1. The van der Waals surface area contributed by atoms with Gasteiger partial charge in [0.05, 0.1) is 5.57 Å². The average Bonchev–Trinajstić information content (AvgIpc) is 3.16. The molecule has 1 aliphatic rings. The highest BCUT2D eigenvalue weighted by Gasteiger charge is 2.34. The molecule has 7 nitrogen and oxygen atoms in total. The van der Waals surface area contributed by atoms with Gasteiger partial charge in [-0.05, 0) is 65.6 Å². The standard InChI is InChI=1S/C19H17ClN6OS/c1-11-16(18(27)22-14-7-5-13(20)6-8-14)17(26-19(21-11)23-24-25-26)12-3-9-15(28-2)10-4-12/h3-10,17H,1-2H3,(H,22,27)(H,21,23,25)/t17-/m1/s1. The summed E-state index contributed by atoms with van der Waals surface area (Å²) in [7, 11) is 0. The number of amides is 1. The van der Waals surface area contributed by atoms with Gasteiger partial charge in [0, 0.05) is 21.3 Å². The minimum Gasteiger partial charge on any atom is -0.326 e. The van der Waals surface area contributed by atoms with E-state index in [2.05, 4.69) is 26.2 Å². The maximum Gasteiger partial charge on any atom is 0.255 e. The number of rotatable bonds is 4. The zero-order chi connectivity index (χ0) is 19.7. The molecule has 0 unspecified atom stereocenters. The van der Waals surface area contributed by atoms with Crippen molar-refractivity contribution in [3.63, 3.8) is 0 Å². The molecular formula is C19H17ClN6OS. The lowest BCUT2D eigenvalue weighted by atomic mass is 9.95. The van der Waals surface area contributed by atoms with Crippen LogP contribution >= 0.6 is 23.4 Å². The number of hydrogen-bond donors (Lipinski definition) is 2. The van der Waals surface area contributed by atoms with Crippen molar-refractivity contribution >= 4 is 40.9 Å². The molecule has 0 radical (unpaired) electrons. The number of nitrogens with zero attached hydrogens (tertiary/aromatic N) is 4. The lowest BCUT2D eigenvalue weighted by molar-refractivity contribution is -0.113. The number of nitrogens with one attached hydrogen (secondary N) is 2. The van der Waals surface area contributed by atoms with Crippen molar-refractivity contribution in [1.29, 1.82) is 0 Å². The summed E-state index contributed by atoms with van der Waals surface area (Å²) in [4.78, 5) is 14.3. The maximum absolute atomic E-state index is 13.2. The first-order valence-electron chi connectivity index (χ1n) is 8.53. The average molecular weight is 413 g/mol. The Balaban J connectivity index is 1.73. The van der Waals surface area contributed by atoms with Crippen LogP contribution < -0.4 is 10.6 Å². The van der Waals surface area contributed by atoms with Crippen molar-refractivity contribution < 1.29 is 4.79 Å². The van der Waals surface area contributed by atoms with Crippen molar-refractivity contribution in [2.75, 3.05) is 16.9 Å². The Morgan fingerprint density at radius 1 is 1.18 bits per heavy atom. The van der Waals surface area contributed by atoms with Gasteiger partial charge in [-0.1, -0.05) is 28.8 Å². The number of carbonyl (C=O) groups is 1. The van der Waals surface area contributed by atoms with Crippen molar-refractivity contribution in [2.45, 2.75) is 17.9 Å². The summed E-state index contributed by atoms with van der Waals surface area (Å²) < 4.78 is 1.62. The molecule has 0 spiro atoms. The number of hydrogen-bond acceptors (Lipinski definition) is 6. The molecule has 4 rings (SSSR count). The Kier molecular flexibility index (Phi) is 5.06. The third kappa shape index (κ3) is 3.48. The summed E-state index contributed by atoms with van der Waals surface area (Å²) in [5.74, 6) is 0.270. The highest BCUT2D eigenvalue weighted by molar-refractivity contribution is 7.98. The molecule has 3 aromatic rings. The number of carbonyl (C=O) groups excluding carboxylic acids is 1. The van der Waals surface area contributed by atoms with Gasteiger partial charge >= 0.3 is 0 Å². The van der Waals surface area contributed by atoms with Gasteiger partial charge in [0.1, 0.15) is 6.04 Å². The minimum atomic E-state index is -0.436. The number of fused-ring (bicyclic) bond motifs is 1. The van der Waals surface area contributed by atoms with E-state index in [0.717, 1.165) is 10.5 Å². The highest BCUT2D eigenvalue weighted by atomic mass is 35.5. The van der Waals surface area contributed by atoms with Gasteiger partial charge in [-0.15, -0.1) is 11.8 Å². The van der Waals surface area contributed by atoms with Crippen LogP contribution in [0.4, 0.5) is 11.6 Å². The van der Waals surface area contributed by atoms with E-state index in [1.165, 1.54) is 0 Å². The van der Waals surface area contributed by atoms with Gasteiger partial charge in [-0.25, -0.2) is 0 Å². The van der Waals surface area contributed by atoms with Crippen LogP contribution in [0, 0.1) is 0 Å². The van der Waals surface area contributed by atoms with Gasteiger partial charge in [-0.3, -0.25) is 4.79 Å². The van der Waals surface area contributed by atoms with Crippen LogP contribution in [-0.2, 0) is 4.79 Å². The van der Waals surface area contributed by atoms with Gasteiger partial charge in [0.2, 0.25) is 5.95 Å². The maximum atomic E-state index is 13.2. The van der Waals surface area contributed by atoms with E-state index < -0.39 is 6.04 Å². The quantitative estimate of drug-likeness (QED) is 0.630. The predicted octanol–water partition coefficient (Wildman–Crippen LogP) is 3.98. The topological polar surface area (TPSA) is 84.7 Å². The Morgan fingerprint density at radius 3 is 2.57 bits per heavy atom. The fourth-order valence-corrected chi connectivity index (χ4v) is 3.67. The number of anilines is 2. The molecule has 0 fully saturated rings. The lowest BCUT2D eigenvalue weighted by Crippen LogP contribution is -2.31. The number of aromatic nitrogens is 4. The minimum absolute atomic E-state index is 0.229. The first-order chi connectivity index (χ1) is 13.6. The first kappa shape index (κ1) is 18.5. The third-order valence-corrected chi connectivity index (χ3v) is 5.49. The van der Waals surface area contributed by atoms with E-state index in [1.54, 1.807) is 40.7 Å². The molecule has 142 valence electrons. The van der Waals surface area contributed by atoms with Gasteiger partial charge < -0.3 is 10.6 Å². The third-order valence-electron chi connectivity index (χ3n) is 4.49. The van der Waals surface area contributed by atoms with Crippen LogP contribution in [0.25, 0.3) is 0 Å². The number of benzene rings is 2. The molecule has 0 saturated heterocycles. The molecule has 2 heterocycles. The molecule has 2 N–H and O–H groups in total. The summed E-state index contributed by atoms with van der Waals surface area (Å²) in [6, 6.07) is 14.6. The van der Waals surface area contributed by atoms with E-state index >= 15 is 0 Å². The fraction of sp³-hybridized carbons (Fsp3) is 0.158. The van der Waals surface area contributed by atoms with Crippen LogP contribution in [0.15, 0.2) is 64.7 Å². The normalized spacial score (nSPS) is 15.8. The molecule has 1 aliphatic heterocycles. The Bertz CT molecular complexity index is 1050. The number of tetrazole rings is 1. The lowest BCUT2D eigenvalue weighted by Gasteiger charge is -2.28. The van der Waals surface area contributed by atoms with Gasteiger partial charge in [0.25, 0.3) is 5.91 Å². The molecule has 1 aromatic heterocycles. The van der Waals surface area contributed by atoms with Crippen molar-refractivity contribution in [3.8, 4) is 0 Å². The monoisotopic (exact) mass is 412 g/mol. The van der Waals surface area contributed by atoms with E-state index in [4.69, 9.17) is 11.6 Å². The number of thioether (sulfide) groups is 1.